The summed E-state index contributed by atoms with van der Waals surface area (Å²) in [5.74, 6) is -1.05. The third-order valence-electron chi connectivity index (χ3n) is 5.26. The van der Waals surface area contributed by atoms with Crippen molar-refractivity contribution in [3.05, 3.63) is 0 Å². The molecule has 0 spiro atoms. The Morgan fingerprint density at radius 3 is 1.57 bits per heavy atom. The molecule has 1 aliphatic carbocycles. The highest BCUT2D eigenvalue weighted by atomic mass is 17.3. The largest absolute Gasteiger partial charge is 0.240 e. The maximum absolute atomic E-state index is 5.55. The lowest BCUT2D eigenvalue weighted by Gasteiger charge is -2.60. The van der Waals surface area contributed by atoms with Crippen molar-refractivity contribution in [2.75, 3.05) is 21.3 Å². The quantitative estimate of drug-likeness (QED) is 0.415. The van der Waals surface area contributed by atoms with E-state index in [1.807, 2.05) is 0 Å². The minimum Gasteiger partial charge on any atom is -0.240 e. The molecule has 0 aromatic heterocycles. The van der Waals surface area contributed by atoms with Crippen molar-refractivity contribution < 1.29 is 29.3 Å². The first-order chi connectivity index (χ1) is 10.5. The molecule has 138 valence electrons. The Hall–Kier alpha value is -0.240. The molecule has 23 heavy (non-hydrogen) atoms. The highest BCUT2D eigenvalue weighted by molar-refractivity contribution is 5.06. The van der Waals surface area contributed by atoms with Crippen molar-refractivity contribution >= 4 is 0 Å². The number of hydrogen-bond acceptors (Lipinski definition) is 6. The van der Waals surface area contributed by atoms with Crippen LogP contribution in [0.1, 0.15) is 60.8 Å². The maximum atomic E-state index is 5.55. The summed E-state index contributed by atoms with van der Waals surface area (Å²) in [7, 11) is 4.45. The van der Waals surface area contributed by atoms with Gasteiger partial charge in [0, 0.05) is 12.8 Å². The van der Waals surface area contributed by atoms with Crippen molar-refractivity contribution in [1.29, 1.82) is 0 Å². The van der Waals surface area contributed by atoms with E-state index in [-0.39, 0.29) is 22.3 Å². The molecule has 0 saturated heterocycles. The molecule has 1 aliphatic rings. The van der Waals surface area contributed by atoms with Crippen LogP contribution in [-0.4, -0.2) is 33.2 Å². The fraction of sp³-hybridized carbons (Fsp3) is 1.00. The van der Waals surface area contributed by atoms with E-state index >= 15 is 0 Å². The van der Waals surface area contributed by atoms with Crippen molar-refractivity contribution in [1.82, 2.24) is 0 Å². The van der Waals surface area contributed by atoms with E-state index < -0.39 is 5.79 Å². The molecule has 6 nitrogen and oxygen atoms in total. The predicted molar refractivity (Wildman–Crippen MR) is 86.0 cm³/mol. The highest BCUT2D eigenvalue weighted by Crippen LogP contribution is 2.62. The first-order valence-corrected chi connectivity index (χ1v) is 8.10. The summed E-state index contributed by atoms with van der Waals surface area (Å²) in [5.41, 5.74) is -0.209. The summed E-state index contributed by atoms with van der Waals surface area (Å²) >= 11 is 0. The zero-order chi connectivity index (χ0) is 17.9. The van der Waals surface area contributed by atoms with Crippen LogP contribution in [0.3, 0.4) is 0 Å². The van der Waals surface area contributed by atoms with Gasteiger partial charge >= 0.3 is 0 Å². The summed E-state index contributed by atoms with van der Waals surface area (Å²) < 4.78 is 0. The van der Waals surface area contributed by atoms with Gasteiger partial charge in [-0.1, -0.05) is 41.5 Å². The minimum absolute atomic E-state index is 0.0273. The molecule has 0 aliphatic heterocycles. The molecule has 1 fully saturated rings. The molecule has 1 rings (SSSR count). The van der Waals surface area contributed by atoms with Gasteiger partial charge in [-0.2, -0.15) is 9.78 Å². The Morgan fingerprint density at radius 1 is 0.739 bits per heavy atom. The van der Waals surface area contributed by atoms with Crippen LogP contribution in [0.15, 0.2) is 0 Å². The number of rotatable bonds is 6. The third-order valence-corrected chi connectivity index (χ3v) is 5.26. The van der Waals surface area contributed by atoms with Crippen LogP contribution in [0.5, 0.6) is 0 Å². The van der Waals surface area contributed by atoms with E-state index in [2.05, 4.69) is 41.5 Å². The van der Waals surface area contributed by atoms with E-state index in [9.17, 15) is 0 Å². The second kappa shape index (κ2) is 7.33. The van der Waals surface area contributed by atoms with E-state index in [1.54, 1.807) is 0 Å². The molecule has 1 atom stereocenters. The van der Waals surface area contributed by atoms with E-state index in [0.717, 1.165) is 6.42 Å². The molecule has 0 N–H and O–H groups in total. The molecule has 0 bridgehead atoms. The summed E-state index contributed by atoms with van der Waals surface area (Å²) in [4.78, 5) is 31.5. The molecule has 0 aromatic rings. The van der Waals surface area contributed by atoms with Gasteiger partial charge in [0.1, 0.15) is 0 Å². The van der Waals surface area contributed by atoms with Crippen LogP contribution in [0.4, 0.5) is 0 Å². The molecule has 6 heteroatoms. The van der Waals surface area contributed by atoms with Gasteiger partial charge in [0.2, 0.25) is 5.79 Å². The van der Waals surface area contributed by atoms with Crippen molar-refractivity contribution in [2.45, 2.75) is 72.7 Å². The summed E-state index contributed by atoms with van der Waals surface area (Å²) in [5, 5.41) is 0. The molecule has 0 heterocycles. The summed E-state index contributed by atoms with van der Waals surface area (Å²) in [6.45, 7) is 13.4. The lowest BCUT2D eigenvalue weighted by molar-refractivity contribution is -0.522. The second-order valence-electron chi connectivity index (χ2n) is 8.46. The topological polar surface area (TPSA) is 55.4 Å². The normalized spacial score (nSPS) is 24.7. The molecule has 1 saturated carbocycles. The molecular formula is C17H34O6. The summed E-state index contributed by atoms with van der Waals surface area (Å²) in [6.07, 6.45) is 1.71. The lowest BCUT2D eigenvalue weighted by Crippen LogP contribution is -2.59. The Morgan fingerprint density at radius 2 is 1.22 bits per heavy atom. The van der Waals surface area contributed by atoms with Crippen LogP contribution in [-0.2, 0) is 29.3 Å². The minimum atomic E-state index is -1.05. The van der Waals surface area contributed by atoms with Gasteiger partial charge in [0.15, 0.2) is 0 Å². The molecule has 0 amide bonds. The van der Waals surface area contributed by atoms with Gasteiger partial charge in [-0.25, -0.2) is 19.6 Å². The molecular weight excluding hydrogens is 300 g/mol. The van der Waals surface area contributed by atoms with Gasteiger partial charge < -0.3 is 0 Å². The van der Waals surface area contributed by atoms with Gasteiger partial charge in [0.25, 0.3) is 0 Å². The first kappa shape index (κ1) is 20.8. The van der Waals surface area contributed by atoms with Crippen molar-refractivity contribution in [3.63, 3.8) is 0 Å². The average molecular weight is 334 g/mol. The zero-order valence-corrected chi connectivity index (χ0v) is 16.1. The fourth-order valence-electron chi connectivity index (χ4n) is 4.33. The SMILES string of the molecule is COOC1CC(OOC)(OOC)CC(C(C)(C)C)(C(C)(C)C)C1. The van der Waals surface area contributed by atoms with Gasteiger partial charge in [-0.15, -0.1) is 0 Å². The van der Waals surface area contributed by atoms with Crippen LogP contribution in [0.25, 0.3) is 0 Å². The maximum Gasteiger partial charge on any atom is 0.237 e. The summed E-state index contributed by atoms with van der Waals surface area (Å²) in [6, 6.07) is 0. The Kier molecular flexibility index (Phi) is 6.63. The Bertz CT molecular complexity index is 348. The fourth-order valence-corrected chi connectivity index (χ4v) is 4.33. The van der Waals surface area contributed by atoms with E-state index in [4.69, 9.17) is 29.3 Å². The van der Waals surface area contributed by atoms with Crippen LogP contribution in [0.2, 0.25) is 0 Å². The Labute approximate surface area is 140 Å². The van der Waals surface area contributed by atoms with Crippen LogP contribution < -0.4 is 0 Å². The van der Waals surface area contributed by atoms with E-state index in [1.165, 1.54) is 21.3 Å². The molecule has 1 unspecified atom stereocenters. The van der Waals surface area contributed by atoms with Gasteiger partial charge in [-0.05, 0) is 22.7 Å². The molecule has 0 radical (unpaired) electrons. The lowest BCUT2D eigenvalue weighted by atomic mass is 9.47. The van der Waals surface area contributed by atoms with Crippen LogP contribution >= 0.6 is 0 Å². The first-order valence-electron chi connectivity index (χ1n) is 8.10. The monoisotopic (exact) mass is 334 g/mol. The molecule has 0 aromatic carbocycles. The Balaban J connectivity index is 3.38. The average Bonchev–Trinajstić information content (AvgIpc) is 2.36. The number of hydrogen-bond donors (Lipinski definition) is 0. The third kappa shape index (κ3) is 4.24. The smallest absolute Gasteiger partial charge is 0.237 e. The van der Waals surface area contributed by atoms with Gasteiger partial charge in [-0.3, -0.25) is 0 Å². The van der Waals surface area contributed by atoms with E-state index in [0.29, 0.717) is 12.8 Å². The van der Waals surface area contributed by atoms with Crippen molar-refractivity contribution in [3.8, 4) is 0 Å². The standard InChI is InChI=1S/C17H34O6/c1-14(2,3)16(15(4,5)6)10-13(21-18-7)11-17(12-16,22-19-8)23-20-9/h13H,10-12H2,1-9H3. The van der Waals surface area contributed by atoms with Crippen molar-refractivity contribution in [2.24, 2.45) is 16.2 Å². The van der Waals surface area contributed by atoms with Crippen LogP contribution in [0, 0.1) is 16.2 Å². The highest BCUT2D eigenvalue weighted by Gasteiger charge is 2.61. The van der Waals surface area contributed by atoms with Gasteiger partial charge in [0.05, 0.1) is 27.4 Å². The second-order valence-corrected chi connectivity index (χ2v) is 8.46. The predicted octanol–water partition coefficient (Wildman–Crippen LogP) is 4.05. The zero-order valence-electron chi connectivity index (χ0n) is 16.1.